The number of nitrogens with zero attached hydrogens (tertiary/aromatic N) is 3. The lowest BCUT2D eigenvalue weighted by Gasteiger charge is -2.37. The van der Waals surface area contributed by atoms with E-state index in [2.05, 4.69) is 34.3 Å². The molecule has 1 fully saturated rings. The predicted molar refractivity (Wildman–Crippen MR) is 173 cm³/mol. The number of hydrogen-bond donors (Lipinski definition) is 2. The number of aromatic nitrogens is 1. The van der Waals surface area contributed by atoms with Gasteiger partial charge >= 0.3 is 0 Å². The normalized spacial score (nSPS) is 16.0. The van der Waals surface area contributed by atoms with Crippen molar-refractivity contribution in [2.75, 3.05) is 50.0 Å². The van der Waals surface area contributed by atoms with Gasteiger partial charge < -0.3 is 20.1 Å². The van der Waals surface area contributed by atoms with E-state index < -0.39 is 0 Å². The molecule has 0 bridgehead atoms. The summed E-state index contributed by atoms with van der Waals surface area (Å²) in [6, 6.07) is 20.1. The summed E-state index contributed by atoms with van der Waals surface area (Å²) in [5, 5.41) is 6.97. The van der Waals surface area contributed by atoms with Gasteiger partial charge in [0.15, 0.2) is 11.5 Å². The van der Waals surface area contributed by atoms with Crippen LogP contribution in [0.15, 0.2) is 66.7 Å². The van der Waals surface area contributed by atoms with Crippen LogP contribution in [-0.2, 0) is 6.54 Å². The average molecular weight is 614 g/mol. The van der Waals surface area contributed by atoms with Crippen LogP contribution in [0.4, 0.5) is 11.4 Å². The Hall–Kier alpha value is -4.18. The van der Waals surface area contributed by atoms with Crippen molar-refractivity contribution in [1.29, 1.82) is 0 Å². The van der Waals surface area contributed by atoms with Crippen LogP contribution in [-0.4, -0.2) is 72.0 Å². The van der Waals surface area contributed by atoms with Gasteiger partial charge in [-0.15, -0.1) is 0 Å². The molecule has 3 aromatic carbocycles. The van der Waals surface area contributed by atoms with Crippen molar-refractivity contribution in [3.8, 4) is 11.5 Å². The maximum Gasteiger partial charge on any atom is 0.255 e. The molecule has 2 N–H and O–H groups in total. The van der Waals surface area contributed by atoms with Crippen molar-refractivity contribution >= 4 is 45.7 Å². The van der Waals surface area contributed by atoms with E-state index in [1.54, 1.807) is 42.5 Å². The van der Waals surface area contributed by atoms with E-state index in [0.717, 1.165) is 49.3 Å². The van der Waals surface area contributed by atoms with Gasteiger partial charge in [0.25, 0.3) is 11.8 Å². The molecule has 0 aliphatic carbocycles. The molecule has 44 heavy (non-hydrogen) atoms. The van der Waals surface area contributed by atoms with Crippen LogP contribution in [0.25, 0.3) is 10.9 Å². The number of carbonyl (C=O) groups is 2. The molecular formula is C34H36ClN5O4. The minimum absolute atomic E-state index is 0.313. The Kier molecular flexibility index (Phi) is 8.97. The maximum atomic E-state index is 13.2. The zero-order chi connectivity index (χ0) is 30.6. The van der Waals surface area contributed by atoms with Gasteiger partial charge in [-0.2, -0.15) is 0 Å². The number of anilines is 2. The van der Waals surface area contributed by atoms with E-state index in [9.17, 15) is 9.59 Å². The molecule has 2 aliphatic rings. The van der Waals surface area contributed by atoms with E-state index in [-0.39, 0.29) is 11.8 Å². The lowest BCUT2D eigenvalue weighted by molar-refractivity contribution is 0.0956. The van der Waals surface area contributed by atoms with Crippen molar-refractivity contribution in [1.82, 2.24) is 14.8 Å². The summed E-state index contributed by atoms with van der Waals surface area (Å²) >= 11 is 6.41. The molecule has 10 heteroatoms. The number of nitrogens with one attached hydrogen (secondary N) is 2. The summed E-state index contributed by atoms with van der Waals surface area (Å²) in [4.78, 5) is 36.0. The molecule has 0 saturated carbocycles. The first-order valence-corrected chi connectivity index (χ1v) is 15.4. The summed E-state index contributed by atoms with van der Waals surface area (Å²) < 4.78 is 11.1. The number of rotatable bonds is 8. The Bertz CT molecular complexity index is 1690. The van der Waals surface area contributed by atoms with Crippen molar-refractivity contribution in [2.24, 2.45) is 0 Å². The number of halogens is 1. The van der Waals surface area contributed by atoms with Crippen molar-refractivity contribution < 1.29 is 19.1 Å². The maximum absolute atomic E-state index is 13.2. The minimum Gasteiger partial charge on any atom is -0.486 e. The van der Waals surface area contributed by atoms with Gasteiger partial charge in [-0.05, 0) is 74.0 Å². The Morgan fingerprint density at radius 3 is 2.39 bits per heavy atom. The highest BCUT2D eigenvalue weighted by Gasteiger charge is 2.21. The number of fused-ring (bicyclic) bond motifs is 2. The average Bonchev–Trinajstić information content (AvgIpc) is 3.05. The van der Waals surface area contributed by atoms with Crippen molar-refractivity contribution in [3.63, 3.8) is 0 Å². The molecule has 0 spiro atoms. The zero-order valence-electron chi connectivity index (χ0n) is 24.9. The summed E-state index contributed by atoms with van der Waals surface area (Å²) in [6.45, 7) is 10.5. The lowest BCUT2D eigenvalue weighted by atomic mass is 10.1. The molecule has 3 heterocycles. The van der Waals surface area contributed by atoms with Gasteiger partial charge in [0.2, 0.25) is 0 Å². The number of benzene rings is 3. The van der Waals surface area contributed by atoms with E-state index in [0.29, 0.717) is 58.3 Å². The highest BCUT2D eigenvalue weighted by molar-refractivity contribution is 6.34. The van der Waals surface area contributed by atoms with Gasteiger partial charge in [0.05, 0.1) is 21.9 Å². The fraction of sp³-hybridized carbons (Fsp3) is 0.324. The van der Waals surface area contributed by atoms with Crippen LogP contribution in [0, 0.1) is 0 Å². The molecule has 6 rings (SSSR count). The standard InChI is InChI=1S/C34H36ClN5O4/c1-3-22(2)40-14-12-39(13-15-40)21-27-7-4-23-18-24(5-10-29(23)36-27)34(42)38-30-20-26(8-9-28(30)35)37-33(41)25-6-11-31-32(19-25)44-17-16-43-31/h4-11,18-20,22H,3,12-17,21H2,1-2H3,(H,37,41)(H,38,42). The summed E-state index contributed by atoms with van der Waals surface area (Å²) in [5.41, 5.74) is 3.65. The van der Waals surface area contributed by atoms with E-state index in [1.165, 1.54) is 6.42 Å². The number of pyridine rings is 1. The summed E-state index contributed by atoms with van der Waals surface area (Å²) in [6.07, 6.45) is 1.17. The van der Waals surface area contributed by atoms with Crippen LogP contribution in [0.5, 0.6) is 11.5 Å². The van der Waals surface area contributed by atoms with Crippen LogP contribution >= 0.6 is 11.6 Å². The first-order valence-electron chi connectivity index (χ1n) is 15.0. The number of piperazine rings is 1. The third-order valence-corrected chi connectivity index (χ3v) is 8.62. The Morgan fingerprint density at radius 2 is 1.59 bits per heavy atom. The first-order chi connectivity index (χ1) is 21.4. The van der Waals surface area contributed by atoms with Crippen LogP contribution in [0.1, 0.15) is 46.7 Å². The minimum atomic E-state index is -0.323. The Balaban J connectivity index is 1.09. The molecule has 228 valence electrons. The highest BCUT2D eigenvalue weighted by Crippen LogP contribution is 2.32. The number of ether oxygens (including phenoxy) is 2. The predicted octanol–water partition coefficient (Wildman–Crippen LogP) is 6.08. The molecule has 1 atom stereocenters. The van der Waals surface area contributed by atoms with Gasteiger partial charge in [-0.25, -0.2) is 0 Å². The van der Waals surface area contributed by atoms with Crippen molar-refractivity contribution in [3.05, 3.63) is 88.6 Å². The first kappa shape index (κ1) is 29.9. The van der Waals surface area contributed by atoms with Gasteiger partial charge in [-0.1, -0.05) is 24.6 Å². The molecule has 2 aliphatic heterocycles. The summed E-state index contributed by atoms with van der Waals surface area (Å²) in [5.74, 6) is 0.509. The largest absolute Gasteiger partial charge is 0.486 e. The number of hydrogen-bond acceptors (Lipinski definition) is 7. The van der Waals surface area contributed by atoms with Crippen molar-refractivity contribution in [2.45, 2.75) is 32.9 Å². The number of carbonyl (C=O) groups excluding carboxylic acids is 2. The molecule has 2 amide bonds. The lowest BCUT2D eigenvalue weighted by Crippen LogP contribution is -2.49. The molecule has 9 nitrogen and oxygen atoms in total. The molecule has 1 saturated heterocycles. The topological polar surface area (TPSA) is 96.0 Å². The summed E-state index contributed by atoms with van der Waals surface area (Å²) in [7, 11) is 0. The zero-order valence-corrected chi connectivity index (χ0v) is 25.7. The SMILES string of the molecule is CCC(C)N1CCN(Cc2ccc3cc(C(=O)Nc4cc(NC(=O)c5ccc6c(c5)OCCO6)ccc4Cl)ccc3n2)CC1. The van der Waals surface area contributed by atoms with Gasteiger partial charge in [0, 0.05) is 61.0 Å². The van der Waals surface area contributed by atoms with Crippen LogP contribution in [0.2, 0.25) is 5.02 Å². The van der Waals surface area contributed by atoms with E-state index in [4.69, 9.17) is 26.1 Å². The van der Waals surface area contributed by atoms with Gasteiger partial charge in [0.1, 0.15) is 13.2 Å². The Morgan fingerprint density at radius 1 is 0.864 bits per heavy atom. The third kappa shape index (κ3) is 6.80. The second kappa shape index (κ2) is 13.2. The smallest absolute Gasteiger partial charge is 0.255 e. The van der Waals surface area contributed by atoms with E-state index >= 15 is 0 Å². The second-order valence-electron chi connectivity index (χ2n) is 11.2. The van der Waals surface area contributed by atoms with Crippen LogP contribution < -0.4 is 20.1 Å². The molecule has 4 aromatic rings. The fourth-order valence-corrected chi connectivity index (χ4v) is 5.69. The molecular weight excluding hydrogens is 578 g/mol. The molecule has 0 radical (unpaired) electrons. The molecule has 1 aromatic heterocycles. The second-order valence-corrected chi connectivity index (χ2v) is 11.6. The number of amides is 2. The Labute approximate surface area is 262 Å². The monoisotopic (exact) mass is 613 g/mol. The highest BCUT2D eigenvalue weighted by atomic mass is 35.5. The third-order valence-electron chi connectivity index (χ3n) is 8.29. The fourth-order valence-electron chi connectivity index (χ4n) is 5.53. The van der Waals surface area contributed by atoms with Crippen LogP contribution in [0.3, 0.4) is 0 Å². The quantitative estimate of drug-likeness (QED) is 0.249. The van der Waals surface area contributed by atoms with Gasteiger partial charge in [-0.3, -0.25) is 24.4 Å². The molecule has 1 unspecified atom stereocenters. The van der Waals surface area contributed by atoms with E-state index in [1.807, 2.05) is 24.3 Å².